The highest BCUT2D eigenvalue weighted by Gasteiger charge is 2.38. The predicted octanol–water partition coefficient (Wildman–Crippen LogP) is 4.05. The maximum absolute atomic E-state index is 12.1. The molecule has 0 bridgehead atoms. The van der Waals surface area contributed by atoms with Gasteiger partial charge in [0.05, 0.1) is 0 Å². The van der Waals surface area contributed by atoms with Crippen LogP contribution >= 0.6 is 11.8 Å². The highest BCUT2D eigenvalue weighted by Crippen LogP contribution is 2.42. The molecule has 1 saturated carbocycles. The van der Waals surface area contributed by atoms with E-state index >= 15 is 0 Å². The zero-order valence-corrected chi connectivity index (χ0v) is 14.7. The highest BCUT2D eigenvalue weighted by atomic mass is 32.2. The molecule has 0 unspecified atom stereocenters. The SMILES string of the molecule is CN=C(NCCCCC(F)(F)F)N1CCSC2(CCCCC2)C1. The first kappa shape index (κ1) is 18.7. The number of nitrogens with zero attached hydrogens (tertiary/aromatic N) is 2. The summed E-state index contributed by atoms with van der Waals surface area (Å²) < 4.78 is 36.8. The molecule has 1 heterocycles. The second-order valence-corrected chi connectivity index (χ2v) is 8.12. The fourth-order valence-corrected chi connectivity index (χ4v) is 5.08. The van der Waals surface area contributed by atoms with E-state index in [2.05, 4.69) is 27.0 Å². The molecule has 1 aliphatic heterocycles. The minimum absolute atomic E-state index is 0.174. The molecule has 0 aromatic heterocycles. The summed E-state index contributed by atoms with van der Waals surface area (Å²) in [4.78, 5) is 6.63. The number of guanidine groups is 1. The molecule has 7 heteroatoms. The molecule has 0 aromatic carbocycles. The number of halogens is 3. The fraction of sp³-hybridized carbons (Fsp3) is 0.938. The van der Waals surface area contributed by atoms with E-state index in [9.17, 15) is 13.2 Å². The Labute approximate surface area is 141 Å². The molecular weight excluding hydrogens is 323 g/mol. The van der Waals surface area contributed by atoms with Gasteiger partial charge in [0.15, 0.2) is 5.96 Å². The molecule has 2 rings (SSSR count). The molecule has 134 valence electrons. The monoisotopic (exact) mass is 351 g/mol. The molecule has 0 amide bonds. The molecule has 1 aliphatic carbocycles. The van der Waals surface area contributed by atoms with E-state index in [-0.39, 0.29) is 6.42 Å². The minimum atomic E-state index is -4.04. The second-order valence-electron chi connectivity index (χ2n) is 6.56. The van der Waals surface area contributed by atoms with E-state index in [0.29, 0.717) is 17.7 Å². The normalized spacial score (nSPS) is 22.4. The Morgan fingerprint density at radius 3 is 2.61 bits per heavy atom. The van der Waals surface area contributed by atoms with Gasteiger partial charge in [-0.05, 0) is 25.7 Å². The van der Waals surface area contributed by atoms with E-state index in [1.807, 2.05) is 0 Å². The summed E-state index contributed by atoms with van der Waals surface area (Å²) in [6.45, 7) is 2.54. The van der Waals surface area contributed by atoms with Gasteiger partial charge in [-0.15, -0.1) is 0 Å². The molecule has 0 aromatic rings. The number of hydrogen-bond acceptors (Lipinski definition) is 2. The average molecular weight is 351 g/mol. The van der Waals surface area contributed by atoms with Crippen molar-refractivity contribution in [3.8, 4) is 0 Å². The van der Waals surface area contributed by atoms with Gasteiger partial charge in [0.25, 0.3) is 0 Å². The average Bonchev–Trinajstić information content (AvgIpc) is 2.50. The number of alkyl halides is 3. The Morgan fingerprint density at radius 2 is 1.96 bits per heavy atom. The van der Waals surface area contributed by atoms with Crippen molar-refractivity contribution in [1.82, 2.24) is 10.2 Å². The number of nitrogens with one attached hydrogen (secondary N) is 1. The molecule has 1 spiro atoms. The predicted molar refractivity (Wildman–Crippen MR) is 91.1 cm³/mol. The van der Waals surface area contributed by atoms with E-state index in [0.717, 1.165) is 24.8 Å². The van der Waals surface area contributed by atoms with Crippen LogP contribution in [-0.2, 0) is 0 Å². The number of aliphatic imine (C=N–C) groups is 1. The fourth-order valence-electron chi connectivity index (χ4n) is 3.51. The zero-order chi connectivity index (χ0) is 16.8. The molecule has 0 radical (unpaired) electrons. The summed E-state index contributed by atoms with van der Waals surface area (Å²) >= 11 is 2.10. The summed E-state index contributed by atoms with van der Waals surface area (Å²) in [6, 6.07) is 0. The van der Waals surface area contributed by atoms with Crippen molar-refractivity contribution in [2.75, 3.05) is 32.4 Å². The third-order valence-electron chi connectivity index (χ3n) is 4.69. The number of rotatable bonds is 4. The third-order valence-corrected chi connectivity index (χ3v) is 6.23. The lowest BCUT2D eigenvalue weighted by Crippen LogP contribution is -2.53. The molecule has 23 heavy (non-hydrogen) atoms. The Balaban J connectivity index is 1.76. The van der Waals surface area contributed by atoms with Crippen LogP contribution in [0.15, 0.2) is 4.99 Å². The van der Waals surface area contributed by atoms with Crippen LogP contribution in [0.1, 0.15) is 51.4 Å². The van der Waals surface area contributed by atoms with E-state index in [1.165, 1.54) is 32.1 Å². The lowest BCUT2D eigenvalue weighted by atomic mass is 9.87. The lowest BCUT2D eigenvalue weighted by Gasteiger charge is -2.45. The van der Waals surface area contributed by atoms with Crippen LogP contribution in [0, 0.1) is 0 Å². The standard InChI is InChI=1S/C16H28F3N3S/c1-20-14(21-10-6-5-9-16(17,18)19)22-11-12-23-15(13-22)7-3-2-4-8-15/h2-13H2,1H3,(H,20,21). The molecule has 2 aliphatic rings. The minimum Gasteiger partial charge on any atom is -0.356 e. The third kappa shape index (κ3) is 6.08. The van der Waals surface area contributed by atoms with Crippen molar-refractivity contribution >= 4 is 17.7 Å². The summed E-state index contributed by atoms with van der Waals surface area (Å²) in [5.74, 6) is 1.96. The smallest absolute Gasteiger partial charge is 0.356 e. The van der Waals surface area contributed by atoms with Gasteiger partial charge in [-0.2, -0.15) is 24.9 Å². The van der Waals surface area contributed by atoms with Crippen LogP contribution in [0.2, 0.25) is 0 Å². The number of unbranched alkanes of at least 4 members (excludes halogenated alkanes) is 1. The Hall–Kier alpha value is -0.590. The summed E-state index contributed by atoms with van der Waals surface area (Å²) in [6.07, 6.45) is 2.46. The van der Waals surface area contributed by atoms with E-state index < -0.39 is 12.6 Å². The molecule has 1 N–H and O–H groups in total. The van der Waals surface area contributed by atoms with Crippen LogP contribution in [0.25, 0.3) is 0 Å². The van der Waals surface area contributed by atoms with Crippen LogP contribution in [0.3, 0.4) is 0 Å². The first-order valence-electron chi connectivity index (χ1n) is 8.60. The van der Waals surface area contributed by atoms with Crippen molar-refractivity contribution in [3.63, 3.8) is 0 Å². The van der Waals surface area contributed by atoms with Gasteiger partial charge in [-0.25, -0.2) is 0 Å². The van der Waals surface area contributed by atoms with Crippen molar-refractivity contribution in [1.29, 1.82) is 0 Å². The molecule has 3 nitrogen and oxygen atoms in total. The van der Waals surface area contributed by atoms with Crippen LogP contribution < -0.4 is 5.32 Å². The second kappa shape index (κ2) is 8.49. The van der Waals surface area contributed by atoms with Gasteiger partial charge in [0, 0.05) is 43.6 Å². The van der Waals surface area contributed by atoms with Gasteiger partial charge < -0.3 is 10.2 Å². The largest absolute Gasteiger partial charge is 0.389 e. The maximum atomic E-state index is 12.1. The molecule has 1 saturated heterocycles. The van der Waals surface area contributed by atoms with Crippen molar-refractivity contribution < 1.29 is 13.2 Å². The summed E-state index contributed by atoms with van der Waals surface area (Å²) in [7, 11) is 1.76. The van der Waals surface area contributed by atoms with E-state index in [4.69, 9.17) is 0 Å². The topological polar surface area (TPSA) is 27.6 Å². The first-order valence-corrected chi connectivity index (χ1v) is 9.59. The molecule has 2 fully saturated rings. The Morgan fingerprint density at radius 1 is 1.22 bits per heavy atom. The van der Waals surface area contributed by atoms with E-state index in [1.54, 1.807) is 7.05 Å². The van der Waals surface area contributed by atoms with Crippen molar-refractivity contribution in [2.24, 2.45) is 4.99 Å². The van der Waals surface area contributed by atoms with Crippen LogP contribution in [-0.4, -0.2) is 54.2 Å². The van der Waals surface area contributed by atoms with Crippen molar-refractivity contribution in [2.45, 2.75) is 62.3 Å². The van der Waals surface area contributed by atoms with Gasteiger partial charge in [-0.3, -0.25) is 4.99 Å². The van der Waals surface area contributed by atoms with Crippen LogP contribution in [0.5, 0.6) is 0 Å². The summed E-state index contributed by atoms with van der Waals surface area (Å²) in [5, 5.41) is 3.25. The maximum Gasteiger partial charge on any atom is 0.389 e. The van der Waals surface area contributed by atoms with Crippen LogP contribution in [0.4, 0.5) is 13.2 Å². The Bertz CT molecular complexity index is 387. The van der Waals surface area contributed by atoms with Gasteiger partial charge in [-0.1, -0.05) is 19.3 Å². The van der Waals surface area contributed by atoms with Crippen molar-refractivity contribution in [3.05, 3.63) is 0 Å². The lowest BCUT2D eigenvalue weighted by molar-refractivity contribution is -0.135. The number of hydrogen-bond donors (Lipinski definition) is 1. The molecule has 0 atom stereocenters. The first-order chi connectivity index (χ1) is 10.9. The molecular formula is C16H28F3N3S. The summed E-state index contributed by atoms with van der Waals surface area (Å²) in [5.41, 5.74) is 0. The van der Waals surface area contributed by atoms with Gasteiger partial charge >= 0.3 is 6.18 Å². The quantitative estimate of drug-likeness (QED) is 0.470. The Kier molecular flexibility index (Phi) is 6.92. The number of thioether (sulfide) groups is 1. The highest BCUT2D eigenvalue weighted by molar-refractivity contribution is 8.00. The van der Waals surface area contributed by atoms with Gasteiger partial charge in [0.1, 0.15) is 0 Å². The zero-order valence-electron chi connectivity index (χ0n) is 13.9. The van der Waals surface area contributed by atoms with Gasteiger partial charge in [0.2, 0.25) is 0 Å².